The van der Waals surface area contributed by atoms with Crippen LogP contribution in [0.25, 0.3) is 11.0 Å². The van der Waals surface area contributed by atoms with Gasteiger partial charge in [0.1, 0.15) is 11.3 Å². The van der Waals surface area contributed by atoms with Crippen LogP contribution in [0.1, 0.15) is 25.5 Å². The topological polar surface area (TPSA) is 52.8 Å². The van der Waals surface area contributed by atoms with Gasteiger partial charge in [-0.05, 0) is 38.1 Å². The Morgan fingerprint density at radius 2 is 2.17 bits per heavy atom. The molecule has 0 saturated carbocycles. The lowest BCUT2D eigenvalue weighted by Crippen LogP contribution is -2.44. The Morgan fingerprint density at radius 3 is 2.92 bits per heavy atom. The van der Waals surface area contributed by atoms with Gasteiger partial charge in [-0.3, -0.25) is 9.89 Å². The first-order valence-electron chi connectivity index (χ1n) is 8.46. The third kappa shape index (κ3) is 4.63. The summed E-state index contributed by atoms with van der Waals surface area (Å²) in [6.07, 6.45) is 2.56. The molecule has 132 valence electrons. The summed E-state index contributed by atoms with van der Waals surface area (Å²) in [6, 6.07) is 10.8. The molecule has 1 aromatic carbocycles. The molecule has 1 fully saturated rings. The molecule has 0 bridgehead atoms. The number of fused-ring (bicyclic) bond motifs is 1. The van der Waals surface area contributed by atoms with Gasteiger partial charge in [-0.2, -0.15) is 0 Å². The maximum absolute atomic E-state index is 5.82. The van der Waals surface area contributed by atoms with E-state index in [0.717, 1.165) is 35.8 Å². The number of hydrogen-bond donors (Lipinski definition) is 2. The Balaban J connectivity index is 0.00000208. The lowest BCUT2D eigenvalue weighted by molar-refractivity contribution is 0.267. The van der Waals surface area contributed by atoms with Crippen molar-refractivity contribution in [1.29, 1.82) is 0 Å². The number of likely N-dealkylation sites (tertiary alicyclic amines) is 1. The van der Waals surface area contributed by atoms with Crippen LogP contribution in [0, 0.1) is 0 Å². The van der Waals surface area contributed by atoms with Crippen LogP contribution in [0.15, 0.2) is 39.7 Å². The molecule has 1 aromatic heterocycles. The Hall–Kier alpha value is -1.28. The summed E-state index contributed by atoms with van der Waals surface area (Å²) in [6.45, 7) is 6.14. The average molecular weight is 442 g/mol. The number of aliphatic imine (C=N–C) groups is 1. The summed E-state index contributed by atoms with van der Waals surface area (Å²) >= 11 is 0. The maximum atomic E-state index is 5.82. The third-order valence-electron chi connectivity index (χ3n) is 4.54. The average Bonchev–Trinajstić information content (AvgIpc) is 3.20. The molecule has 6 heteroatoms. The normalized spacial score (nSPS) is 18.6. The second-order valence-corrected chi connectivity index (χ2v) is 5.98. The van der Waals surface area contributed by atoms with E-state index in [1.165, 1.54) is 19.4 Å². The number of halogens is 1. The number of furan rings is 1. The Kier molecular flexibility index (Phi) is 7.36. The van der Waals surface area contributed by atoms with Crippen molar-refractivity contribution in [1.82, 2.24) is 15.5 Å². The van der Waals surface area contributed by atoms with Crippen LogP contribution in [0.3, 0.4) is 0 Å². The van der Waals surface area contributed by atoms with Crippen LogP contribution in [0.4, 0.5) is 0 Å². The zero-order chi connectivity index (χ0) is 16.1. The van der Waals surface area contributed by atoms with Gasteiger partial charge in [0.15, 0.2) is 5.96 Å². The van der Waals surface area contributed by atoms with Crippen LogP contribution >= 0.6 is 24.0 Å². The Labute approximate surface area is 160 Å². The number of para-hydroxylation sites is 1. The zero-order valence-corrected chi connectivity index (χ0v) is 16.7. The van der Waals surface area contributed by atoms with Crippen molar-refractivity contribution in [3.63, 3.8) is 0 Å². The highest BCUT2D eigenvalue weighted by molar-refractivity contribution is 14.0. The highest BCUT2D eigenvalue weighted by Crippen LogP contribution is 2.18. The molecule has 2 N–H and O–H groups in total. The van der Waals surface area contributed by atoms with Crippen LogP contribution in [0.5, 0.6) is 0 Å². The molecule has 3 rings (SSSR count). The molecule has 1 saturated heterocycles. The lowest BCUT2D eigenvalue weighted by Gasteiger charge is -2.23. The summed E-state index contributed by atoms with van der Waals surface area (Å²) < 4.78 is 5.82. The second-order valence-electron chi connectivity index (χ2n) is 5.98. The molecule has 1 aliphatic rings. The van der Waals surface area contributed by atoms with E-state index in [0.29, 0.717) is 12.6 Å². The molecular formula is C18H27IN4O. The molecule has 2 heterocycles. The van der Waals surface area contributed by atoms with E-state index in [9.17, 15) is 0 Å². The summed E-state index contributed by atoms with van der Waals surface area (Å²) in [5.74, 6) is 1.75. The molecular weight excluding hydrogens is 415 g/mol. The largest absolute Gasteiger partial charge is 0.459 e. The van der Waals surface area contributed by atoms with Crippen molar-refractivity contribution < 1.29 is 4.42 Å². The minimum atomic E-state index is 0. The number of rotatable bonds is 5. The van der Waals surface area contributed by atoms with Crippen molar-refractivity contribution in [2.75, 3.05) is 26.7 Å². The minimum absolute atomic E-state index is 0. The van der Waals surface area contributed by atoms with E-state index in [4.69, 9.17) is 4.42 Å². The van der Waals surface area contributed by atoms with Crippen LogP contribution in [0.2, 0.25) is 0 Å². The quantitative estimate of drug-likeness (QED) is 0.424. The van der Waals surface area contributed by atoms with Gasteiger partial charge in [0.2, 0.25) is 0 Å². The molecule has 24 heavy (non-hydrogen) atoms. The van der Waals surface area contributed by atoms with Gasteiger partial charge in [-0.15, -0.1) is 24.0 Å². The van der Waals surface area contributed by atoms with Crippen molar-refractivity contribution in [3.8, 4) is 0 Å². The van der Waals surface area contributed by atoms with E-state index in [1.807, 2.05) is 18.2 Å². The van der Waals surface area contributed by atoms with Crippen molar-refractivity contribution in [2.45, 2.75) is 32.4 Å². The van der Waals surface area contributed by atoms with Gasteiger partial charge in [-0.25, -0.2) is 0 Å². The predicted molar refractivity (Wildman–Crippen MR) is 110 cm³/mol. The molecule has 2 aromatic rings. The van der Waals surface area contributed by atoms with Gasteiger partial charge in [0, 0.05) is 25.0 Å². The standard InChI is InChI=1S/C18H26N4O.HI/c1-3-22-10-6-8-15(22)12-20-18(19-2)21-13-16-11-14-7-4-5-9-17(14)23-16;/h4-5,7,9,11,15H,3,6,8,10,12-13H2,1-2H3,(H2,19,20,21);1H. The molecule has 0 spiro atoms. The Bertz CT molecular complexity index is 637. The van der Waals surface area contributed by atoms with Crippen LogP contribution in [-0.4, -0.2) is 43.6 Å². The molecule has 1 atom stereocenters. The number of benzene rings is 1. The van der Waals surface area contributed by atoms with E-state index in [2.05, 4.69) is 39.6 Å². The van der Waals surface area contributed by atoms with Crippen molar-refractivity contribution in [3.05, 3.63) is 36.1 Å². The zero-order valence-electron chi connectivity index (χ0n) is 14.4. The number of nitrogens with one attached hydrogen (secondary N) is 2. The molecule has 0 aliphatic carbocycles. The van der Waals surface area contributed by atoms with E-state index in [-0.39, 0.29) is 24.0 Å². The first-order valence-corrected chi connectivity index (χ1v) is 8.46. The maximum Gasteiger partial charge on any atom is 0.191 e. The van der Waals surface area contributed by atoms with Gasteiger partial charge >= 0.3 is 0 Å². The second kappa shape index (κ2) is 9.27. The highest BCUT2D eigenvalue weighted by Gasteiger charge is 2.22. The van der Waals surface area contributed by atoms with Gasteiger partial charge in [-0.1, -0.05) is 25.1 Å². The van der Waals surface area contributed by atoms with Crippen LogP contribution in [-0.2, 0) is 6.54 Å². The molecule has 0 amide bonds. The highest BCUT2D eigenvalue weighted by atomic mass is 127. The SMILES string of the molecule is CCN1CCCC1CNC(=NC)NCc1cc2ccccc2o1.I. The first kappa shape index (κ1) is 19.1. The molecule has 1 unspecified atom stereocenters. The first-order chi connectivity index (χ1) is 11.3. The van der Waals surface area contributed by atoms with E-state index in [1.54, 1.807) is 7.05 Å². The molecule has 0 radical (unpaired) electrons. The minimum Gasteiger partial charge on any atom is -0.459 e. The number of hydrogen-bond acceptors (Lipinski definition) is 3. The van der Waals surface area contributed by atoms with Crippen LogP contribution < -0.4 is 10.6 Å². The summed E-state index contributed by atoms with van der Waals surface area (Å²) in [5, 5.41) is 7.90. The predicted octanol–water partition coefficient (Wildman–Crippen LogP) is 3.20. The van der Waals surface area contributed by atoms with Crippen molar-refractivity contribution >= 4 is 40.9 Å². The Morgan fingerprint density at radius 1 is 1.33 bits per heavy atom. The third-order valence-corrected chi connectivity index (χ3v) is 4.54. The van der Waals surface area contributed by atoms with Crippen molar-refractivity contribution in [2.24, 2.45) is 4.99 Å². The van der Waals surface area contributed by atoms with Gasteiger partial charge in [0.05, 0.1) is 6.54 Å². The number of nitrogens with zero attached hydrogens (tertiary/aromatic N) is 2. The monoisotopic (exact) mass is 442 g/mol. The smallest absolute Gasteiger partial charge is 0.191 e. The fraction of sp³-hybridized carbons (Fsp3) is 0.500. The molecule has 1 aliphatic heterocycles. The molecule has 5 nitrogen and oxygen atoms in total. The van der Waals surface area contributed by atoms with Gasteiger partial charge in [0.25, 0.3) is 0 Å². The van der Waals surface area contributed by atoms with E-state index < -0.39 is 0 Å². The number of guanidine groups is 1. The number of likely N-dealkylation sites (N-methyl/N-ethyl adjacent to an activating group) is 1. The van der Waals surface area contributed by atoms with Gasteiger partial charge < -0.3 is 15.1 Å². The fourth-order valence-electron chi connectivity index (χ4n) is 3.27. The lowest BCUT2D eigenvalue weighted by atomic mass is 10.2. The summed E-state index contributed by atoms with van der Waals surface area (Å²) in [4.78, 5) is 6.83. The summed E-state index contributed by atoms with van der Waals surface area (Å²) in [5.41, 5.74) is 0.928. The van der Waals surface area contributed by atoms with E-state index >= 15 is 0 Å². The fourth-order valence-corrected chi connectivity index (χ4v) is 3.27. The summed E-state index contributed by atoms with van der Waals surface area (Å²) in [7, 11) is 1.81.